The average molecular weight is 226 g/mol. The Morgan fingerprint density at radius 3 is 2.94 bits per heavy atom. The average Bonchev–Trinajstić information content (AvgIpc) is 2.30. The number of hydrogen-bond donors (Lipinski definition) is 0. The van der Waals surface area contributed by atoms with E-state index in [4.69, 9.17) is 12.6 Å². The maximum atomic E-state index is 11.5. The highest BCUT2D eigenvalue weighted by molar-refractivity contribution is 6.34. The van der Waals surface area contributed by atoms with Crippen LogP contribution in [0.4, 0.5) is 0 Å². The third-order valence-electron chi connectivity index (χ3n) is 2.43. The van der Waals surface area contributed by atoms with Gasteiger partial charge >= 0.3 is 5.97 Å². The molecule has 0 spiro atoms. The second-order valence-corrected chi connectivity index (χ2v) is 3.68. The highest BCUT2D eigenvalue weighted by Gasteiger charge is 2.11. The van der Waals surface area contributed by atoms with Crippen LogP contribution in [0, 0.1) is 6.92 Å². The van der Waals surface area contributed by atoms with Crippen molar-refractivity contribution in [1.29, 1.82) is 0 Å². The molecule has 17 heavy (non-hydrogen) atoms. The zero-order valence-corrected chi connectivity index (χ0v) is 9.73. The highest BCUT2D eigenvalue weighted by atomic mass is 16.5. The number of benzene rings is 1. The van der Waals surface area contributed by atoms with Crippen LogP contribution < -0.4 is 5.46 Å². The molecule has 0 aliphatic heterocycles. The second-order valence-electron chi connectivity index (χ2n) is 3.68. The summed E-state index contributed by atoms with van der Waals surface area (Å²) in [6.07, 6.45) is 1.57. The summed E-state index contributed by atoms with van der Waals surface area (Å²) in [7, 11) is 5.78. The number of esters is 1. The van der Waals surface area contributed by atoms with Crippen molar-refractivity contribution in [3.63, 3.8) is 0 Å². The van der Waals surface area contributed by atoms with Gasteiger partial charge in [-0.05, 0) is 19.9 Å². The molecule has 0 N–H and O–H groups in total. The van der Waals surface area contributed by atoms with E-state index in [-0.39, 0.29) is 5.82 Å². The SMILES string of the molecule is [B]c1cc2cnc(C(=O)OCC)nc2cc1C. The zero-order valence-electron chi connectivity index (χ0n) is 9.73. The summed E-state index contributed by atoms with van der Waals surface area (Å²) in [5, 5.41) is 0.807. The van der Waals surface area contributed by atoms with Crippen LogP contribution in [0.2, 0.25) is 0 Å². The number of nitrogens with zero attached hydrogens (tertiary/aromatic N) is 2. The van der Waals surface area contributed by atoms with E-state index in [9.17, 15) is 4.79 Å². The van der Waals surface area contributed by atoms with Crippen molar-refractivity contribution in [3.05, 3.63) is 29.7 Å². The minimum Gasteiger partial charge on any atom is -0.460 e. The largest absolute Gasteiger partial charge is 0.460 e. The lowest BCUT2D eigenvalue weighted by atomic mass is 9.90. The van der Waals surface area contributed by atoms with E-state index >= 15 is 0 Å². The van der Waals surface area contributed by atoms with Crippen LogP contribution in [0.15, 0.2) is 18.3 Å². The Morgan fingerprint density at radius 1 is 1.47 bits per heavy atom. The lowest BCUT2D eigenvalue weighted by Crippen LogP contribution is -2.11. The zero-order chi connectivity index (χ0) is 12.4. The Morgan fingerprint density at radius 2 is 2.24 bits per heavy atom. The van der Waals surface area contributed by atoms with Gasteiger partial charge < -0.3 is 4.74 Å². The van der Waals surface area contributed by atoms with Crippen LogP contribution in [0.5, 0.6) is 0 Å². The monoisotopic (exact) mass is 226 g/mol. The number of rotatable bonds is 2. The van der Waals surface area contributed by atoms with Crippen molar-refractivity contribution in [2.24, 2.45) is 0 Å². The molecule has 2 radical (unpaired) electrons. The van der Waals surface area contributed by atoms with Gasteiger partial charge in [-0.15, -0.1) is 0 Å². The van der Waals surface area contributed by atoms with Crippen molar-refractivity contribution in [3.8, 4) is 0 Å². The van der Waals surface area contributed by atoms with Crippen LogP contribution in [0.3, 0.4) is 0 Å². The minimum absolute atomic E-state index is 0.0727. The van der Waals surface area contributed by atoms with E-state index in [2.05, 4.69) is 9.97 Å². The fourth-order valence-electron chi connectivity index (χ4n) is 1.49. The van der Waals surface area contributed by atoms with Crippen molar-refractivity contribution >= 4 is 30.2 Å². The predicted molar refractivity (Wildman–Crippen MR) is 65.6 cm³/mol. The van der Waals surface area contributed by atoms with E-state index in [0.29, 0.717) is 17.6 Å². The molecule has 0 fully saturated rings. The summed E-state index contributed by atoms with van der Waals surface area (Å²) in [5.74, 6) is -0.438. The number of aromatic nitrogens is 2. The van der Waals surface area contributed by atoms with Crippen LogP contribution in [0.25, 0.3) is 10.9 Å². The molecular formula is C12H11BN2O2. The second kappa shape index (κ2) is 4.53. The topological polar surface area (TPSA) is 52.1 Å². The summed E-state index contributed by atoms with van der Waals surface area (Å²) in [5.41, 5.74) is 2.30. The maximum absolute atomic E-state index is 11.5. The molecule has 2 aromatic rings. The molecular weight excluding hydrogens is 215 g/mol. The molecule has 0 amide bonds. The van der Waals surface area contributed by atoms with Crippen LogP contribution >= 0.6 is 0 Å². The molecule has 5 heteroatoms. The Labute approximate surface area is 100 Å². The molecule has 0 atom stereocenters. The Hall–Kier alpha value is -1.91. The summed E-state index contributed by atoms with van der Waals surface area (Å²) >= 11 is 0. The Bertz CT molecular complexity index is 584. The molecule has 0 aliphatic carbocycles. The number of carbonyl (C=O) groups excluding carboxylic acids is 1. The quantitative estimate of drug-likeness (QED) is 0.564. The van der Waals surface area contributed by atoms with Crippen LogP contribution in [-0.4, -0.2) is 30.4 Å². The van der Waals surface area contributed by atoms with Gasteiger partial charge in [0, 0.05) is 11.6 Å². The molecule has 84 valence electrons. The van der Waals surface area contributed by atoms with Crippen molar-refractivity contribution in [2.75, 3.05) is 6.61 Å². The van der Waals surface area contributed by atoms with Gasteiger partial charge in [-0.1, -0.05) is 17.1 Å². The van der Waals surface area contributed by atoms with Gasteiger partial charge in [0.25, 0.3) is 0 Å². The van der Waals surface area contributed by atoms with E-state index < -0.39 is 5.97 Å². The van der Waals surface area contributed by atoms with Gasteiger partial charge in [0.15, 0.2) is 0 Å². The van der Waals surface area contributed by atoms with Crippen LogP contribution in [0.1, 0.15) is 23.1 Å². The van der Waals surface area contributed by atoms with Crippen molar-refractivity contribution in [1.82, 2.24) is 9.97 Å². The van der Waals surface area contributed by atoms with E-state index in [1.54, 1.807) is 19.2 Å². The maximum Gasteiger partial charge on any atom is 0.376 e. The molecule has 4 nitrogen and oxygen atoms in total. The number of hydrogen-bond acceptors (Lipinski definition) is 4. The number of aryl methyl sites for hydroxylation is 1. The molecule has 1 heterocycles. The first-order chi connectivity index (χ1) is 8.11. The van der Waals surface area contributed by atoms with Crippen molar-refractivity contribution < 1.29 is 9.53 Å². The molecule has 2 rings (SSSR count). The first kappa shape index (κ1) is 11.6. The van der Waals surface area contributed by atoms with Gasteiger partial charge in [-0.2, -0.15) is 0 Å². The smallest absolute Gasteiger partial charge is 0.376 e. The summed E-state index contributed by atoms with van der Waals surface area (Å²) < 4.78 is 4.84. The number of fused-ring (bicyclic) bond motifs is 1. The normalized spacial score (nSPS) is 10.5. The van der Waals surface area contributed by atoms with E-state index in [1.165, 1.54) is 0 Å². The molecule has 0 saturated heterocycles. The lowest BCUT2D eigenvalue weighted by molar-refractivity contribution is 0.0512. The summed E-state index contributed by atoms with van der Waals surface area (Å²) in [6.45, 7) is 3.94. The third-order valence-corrected chi connectivity index (χ3v) is 2.43. The van der Waals surface area contributed by atoms with Gasteiger partial charge in [-0.3, -0.25) is 0 Å². The predicted octanol–water partition coefficient (Wildman–Crippen LogP) is 0.909. The molecule has 1 aromatic carbocycles. The minimum atomic E-state index is -0.510. The van der Waals surface area contributed by atoms with E-state index in [0.717, 1.165) is 10.9 Å². The molecule has 0 saturated carbocycles. The Balaban J connectivity index is 2.50. The molecule has 1 aromatic heterocycles. The highest BCUT2D eigenvalue weighted by Crippen LogP contribution is 2.11. The first-order valence-electron chi connectivity index (χ1n) is 5.32. The number of carbonyl (C=O) groups is 1. The van der Waals surface area contributed by atoms with E-state index in [1.807, 2.05) is 13.0 Å². The van der Waals surface area contributed by atoms with Crippen molar-refractivity contribution in [2.45, 2.75) is 13.8 Å². The molecule has 0 bridgehead atoms. The van der Waals surface area contributed by atoms with Gasteiger partial charge in [0.05, 0.1) is 12.1 Å². The first-order valence-corrected chi connectivity index (χ1v) is 5.32. The lowest BCUT2D eigenvalue weighted by Gasteiger charge is -2.05. The fourth-order valence-corrected chi connectivity index (χ4v) is 1.49. The standard InChI is InChI=1S/C12H11BN2O2/c1-3-17-12(16)11-14-6-8-5-9(13)7(2)4-10(8)15-11/h4-6H,3H2,1-2H3. The van der Waals surface area contributed by atoms with Gasteiger partial charge in [0.2, 0.25) is 5.82 Å². The summed E-state index contributed by atoms with van der Waals surface area (Å²) in [4.78, 5) is 19.6. The van der Waals surface area contributed by atoms with Gasteiger partial charge in [0.1, 0.15) is 7.85 Å². The van der Waals surface area contributed by atoms with Gasteiger partial charge in [-0.25, -0.2) is 14.8 Å². The Kier molecular flexibility index (Phi) is 3.09. The fraction of sp³-hybridized carbons (Fsp3) is 0.250. The third kappa shape index (κ3) is 2.28. The summed E-state index contributed by atoms with van der Waals surface area (Å²) in [6, 6.07) is 3.62. The van der Waals surface area contributed by atoms with Crippen LogP contribution in [-0.2, 0) is 4.74 Å². The molecule has 0 aliphatic rings. The molecule has 0 unspecified atom stereocenters. The number of ether oxygens (including phenoxy) is 1.